The van der Waals surface area contributed by atoms with Crippen LogP contribution in [-0.4, -0.2) is 74.2 Å². The SMILES string of the molecule is CC(C)c1ncc(CN2C(=S)C3(COc4cc5c(cc43)OCO5)c3cccn32)s1.FC(F)(F)c1ccc(CN2C(=S)C3(COc4cc5c(cc43)OCO5)c3cccn32)s1.S=C1N(Cc2ccc(Cl)s2)n2cccc2C12COc1cc3c(cc12)OCO3. The number of hydrogen-bond donors (Lipinski definition) is 0. The molecular weight excluding hydrogens is 1250 g/mol. The van der Waals surface area contributed by atoms with Gasteiger partial charge in [0, 0.05) is 80.2 Å². The van der Waals surface area contributed by atoms with Crippen molar-refractivity contribution in [1.82, 2.24) is 19.0 Å². The molecule has 3 unspecified atom stereocenters. The topological polar surface area (TPSA) is 120 Å². The zero-order valence-electron chi connectivity index (χ0n) is 45.3. The maximum atomic E-state index is 13.0. The Morgan fingerprint density at radius 2 is 0.884 bits per heavy atom. The molecule has 0 bridgehead atoms. The van der Waals surface area contributed by atoms with Crippen LogP contribution in [0.5, 0.6) is 51.7 Å². The van der Waals surface area contributed by atoms with Crippen LogP contribution in [0.4, 0.5) is 13.2 Å². The minimum atomic E-state index is -4.35. The zero-order chi connectivity index (χ0) is 58.6. The monoisotopic (exact) mass is 1290 g/mol. The molecule has 0 saturated heterocycles. The van der Waals surface area contributed by atoms with Crippen molar-refractivity contribution in [2.45, 2.75) is 61.8 Å². The maximum Gasteiger partial charge on any atom is 0.425 e. The van der Waals surface area contributed by atoms with Crippen LogP contribution in [0.15, 0.2) is 122 Å². The Labute approximate surface area is 521 Å². The molecule has 26 heteroatoms. The fourth-order valence-electron chi connectivity index (χ4n) is 12.7. The Morgan fingerprint density at radius 1 is 0.500 bits per heavy atom. The van der Waals surface area contributed by atoms with Crippen LogP contribution in [0.25, 0.3) is 0 Å². The normalized spacial score (nSPS) is 21.4. The first-order valence-corrected chi connectivity index (χ1v) is 31.2. The smallest absolute Gasteiger partial charge is 0.425 e. The van der Waals surface area contributed by atoms with Gasteiger partial charge in [-0.2, -0.15) is 13.2 Å². The molecule has 18 rings (SSSR count). The summed E-state index contributed by atoms with van der Waals surface area (Å²) in [7, 11) is 0. The summed E-state index contributed by atoms with van der Waals surface area (Å²) < 4.78 is 97.5. The molecule has 9 aromatic rings. The number of thiazole rings is 1. The van der Waals surface area contributed by atoms with Gasteiger partial charge in [-0.3, -0.25) is 29.1 Å². The summed E-state index contributed by atoms with van der Waals surface area (Å²) in [5.74, 6) is 6.89. The third-order valence-electron chi connectivity index (χ3n) is 16.8. The van der Waals surface area contributed by atoms with Crippen molar-refractivity contribution in [3.63, 3.8) is 0 Å². The molecule has 16 nitrogen and oxygen atoms in total. The number of nitrogens with zero attached hydrogens (tertiary/aromatic N) is 7. The highest BCUT2D eigenvalue weighted by atomic mass is 35.5. The van der Waals surface area contributed by atoms with Crippen LogP contribution < -0.4 is 57.7 Å². The summed E-state index contributed by atoms with van der Waals surface area (Å²) in [4.78, 5) is 9.12. The molecule has 3 atom stereocenters. The van der Waals surface area contributed by atoms with E-state index in [9.17, 15) is 13.2 Å². The van der Waals surface area contributed by atoms with Crippen molar-refractivity contribution >= 4 is 97.2 Å². The molecule has 0 saturated carbocycles. The van der Waals surface area contributed by atoms with Gasteiger partial charge >= 0.3 is 6.18 Å². The molecular formula is C60H45ClF3N7O9S6. The lowest BCUT2D eigenvalue weighted by atomic mass is 9.79. The van der Waals surface area contributed by atoms with E-state index >= 15 is 0 Å². The first-order chi connectivity index (χ1) is 41.6. The van der Waals surface area contributed by atoms with Crippen LogP contribution in [-0.2, 0) is 42.1 Å². The van der Waals surface area contributed by atoms with Crippen LogP contribution in [0, 0.1) is 0 Å². The Kier molecular flexibility index (Phi) is 12.4. The van der Waals surface area contributed by atoms with E-state index in [-0.39, 0.29) is 26.9 Å². The summed E-state index contributed by atoms with van der Waals surface area (Å²) in [5, 5.41) is 7.26. The number of aromatic nitrogens is 4. The van der Waals surface area contributed by atoms with Crippen LogP contribution in [0.3, 0.4) is 0 Å². The number of rotatable bonds is 7. The van der Waals surface area contributed by atoms with Crippen LogP contribution >= 0.6 is 82.3 Å². The highest BCUT2D eigenvalue weighted by Gasteiger charge is 2.58. The van der Waals surface area contributed by atoms with Gasteiger partial charge in [0.1, 0.15) is 73.2 Å². The number of hydrogen-bond acceptors (Lipinski definition) is 16. The first kappa shape index (κ1) is 53.9. The number of ether oxygens (including phenoxy) is 9. The van der Waals surface area contributed by atoms with E-state index in [1.54, 1.807) is 28.7 Å². The predicted octanol–water partition coefficient (Wildman–Crippen LogP) is 12.5. The molecule has 6 aromatic heterocycles. The quantitative estimate of drug-likeness (QED) is 0.141. The van der Waals surface area contributed by atoms with E-state index in [2.05, 4.69) is 62.6 Å². The third-order valence-corrected chi connectivity index (χ3v) is 22.1. The molecule has 3 spiro atoms. The molecule has 9 aliphatic rings. The molecule has 0 aliphatic carbocycles. The van der Waals surface area contributed by atoms with Gasteiger partial charge in [0.15, 0.2) is 34.5 Å². The Balaban J connectivity index is 0.000000105. The largest absolute Gasteiger partial charge is 0.491 e. The van der Waals surface area contributed by atoms with E-state index in [1.165, 1.54) is 10.9 Å². The van der Waals surface area contributed by atoms with E-state index in [0.717, 1.165) is 110 Å². The molecule has 86 heavy (non-hydrogen) atoms. The minimum absolute atomic E-state index is 0.151. The molecule has 0 fully saturated rings. The Morgan fingerprint density at radius 3 is 1.24 bits per heavy atom. The van der Waals surface area contributed by atoms with Crippen molar-refractivity contribution in [1.29, 1.82) is 0 Å². The first-order valence-electron chi connectivity index (χ1n) is 27.2. The molecule has 9 aliphatic heterocycles. The van der Waals surface area contributed by atoms with E-state index in [0.29, 0.717) is 65.9 Å². The summed E-state index contributed by atoms with van der Waals surface area (Å²) in [6.07, 6.45) is 3.57. The van der Waals surface area contributed by atoms with Crippen LogP contribution in [0.1, 0.15) is 78.1 Å². The highest BCUT2D eigenvalue weighted by molar-refractivity contribution is 7.81. The average molecular weight is 1290 g/mol. The van der Waals surface area contributed by atoms with Gasteiger partial charge in [0.2, 0.25) is 20.4 Å². The van der Waals surface area contributed by atoms with Crippen molar-refractivity contribution in [2.24, 2.45) is 0 Å². The van der Waals surface area contributed by atoms with Gasteiger partial charge in [-0.1, -0.05) is 62.1 Å². The number of halogens is 4. The molecule has 438 valence electrons. The van der Waals surface area contributed by atoms with Crippen LogP contribution in [0.2, 0.25) is 4.34 Å². The number of thiocarbonyl (C=S) groups is 3. The van der Waals surface area contributed by atoms with Gasteiger partial charge < -0.3 is 42.6 Å². The van der Waals surface area contributed by atoms with Crippen molar-refractivity contribution in [2.75, 3.05) is 55.2 Å². The fourth-order valence-corrected chi connectivity index (χ4v) is 16.8. The predicted molar refractivity (Wildman–Crippen MR) is 328 cm³/mol. The van der Waals surface area contributed by atoms with Crippen molar-refractivity contribution in [3.05, 3.63) is 184 Å². The second-order valence-electron chi connectivity index (χ2n) is 21.8. The second-order valence-corrected chi connectivity index (χ2v) is 27.1. The van der Waals surface area contributed by atoms with Gasteiger partial charge in [0.05, 0.1) is 46.1 Å². The zero-order valence-corrected chi connectivity index (χ0v) is 50.9. The van der Waals surface area contributed by atoms with E-state index in [1.807, 2.05) is 88.9 Å². The van der Waals surface area contributed by atoms with E-state index < -0.39 is 27.3 Å². The van der Waals surface area contributed by atoms with Crippen molar-refractivity contribution in [3.8, 4) is 51.7 Å². The Hall–Kier alpha value is -7.52. The van der Waals surface area contributed by atoms with Gasteiger partial charge in [0.25, 0.3) is 0 Å². The van der Waals surface area contributed by atoms with Gasteiger partial charge in [-0.05, 0) is 78.9 Å². The number of thiophene rings is 2. The molecule has 0 N–H and O–H groups in total. The summed E-state index contributed by atoms with van der Waals surface area (Å²) >= 11 is 28.1. The average Bonchev–Trinajstić information content (AvgIpc) is 1.60. The molecule has 0 radical (unpaired) electrons. The number of fused-ring (bicyclic) bond motifs is 15. The standard InChI is InChI=1S/C21H19N3O3S2.C20H13F3N2O3S2.C19H13ClN2O3S2/c1-12(2)19-22-8-13(29-19)9-24-20(28)21(18-4-3-5-23(18)24)10-25-15-7-17-16(6-14(15)21)26-11-27-17;21-20(22,23)17-4-3-11(30-17)8-25-18(29)19(16-2-1-5-24(16)25)9-26-13-7-15-14(6-12(13)19)27-10-28-15;20-17-4-3-11(27-17)8-22-18(26)19(16-2-1-5-21(16)22)9-23-13-7-15-14(6-12(13)19)24-10-25-15/h3-8,12H,9-11H2,1-2H3;1-7H,8-10H2;1-7H,8-10H2. The fraction of sp³-hybridized carbons (Fsp3) is 0.267. The molecule has 0 amide bonds. The summed E-state index contributed by atoms with van der Waals surface area (Å²) in [6.45, 7) is 7.80. The third kappa shape index (κ3) is 7.99. The summed E-state index contributed by atoms with van der Waals surface area (Å²) in [6, 6.07) is 30.3. The lowest BCUT2D eigenvalue weighted by molar-refractivity contribution is -0.134. The lowest BCUT2D eigenvalue weighted by Gasteiger charge is -2.25. The lowest BCUT2D eigenvalue weighted by Crippen LogP contribution is -2.42. The Bertz CT molecular complexity index is 4320. The molecule has 15 heterocycles. The van der Waals surface area contributed by atoms with Crippen molar-refractivity contribution < 1.29 is 55.8 Å². The number of benzene rings is 3. The maximum absolute atomic E-state index is 13.0. The molecule has 3 aromatic carbocycles. The summed E-state index contributed by atoms with van der Waals surface area (Å²) in [5.41, 5.74) is 4.38. The highest BCUT2D eigenvalue weighted by Crippen LogP contribution is 2.56. The second kappa shape index (κ2) is 19.8. The minimum Gasteiger partial charge on any atom is -0.491 e. The van der Waals surface area contributed by atoms with Gasteiger partial charge in [-0.25, -0.2) is 4.98 Å². The number of alkyl halides is 3. The van der Waals surface area contributed by atoms with E-state index in [4.69, 9.17) is 90.9 Å². The van der Waals surface area contributed by atoms with Gasteiger partial charge in [-0.15, -0.1) is 34.0 Å².